The molecule has 2 aliphatic heterocycles. The van der Waals surface area contributed by atoms with Crippen LogP contribution in [0.15, 0.2) is 24.3 Å². The highest BCUT2D eigenvalue weighted by atomic mass is 16.5. The first-order valence-corrected chi connectivity index (χ1v) is 7.32. The number of rotatable bonds is 4. The Morgan fingerprint density at radius 3 is 3.00 bits per heavy atom. The number of ether oxygens (including phenoxy) is 3. The minimum atomic E-state index is -0.174. The van der Waals surface area contributed by atoms with E-state index in [0.717, 1.165) is 31.9 Å². The molecule has 1 N–H and O–H groups in total. The van der Waals surface area contributed by atoms with E-state index in [1.54, 1.807) is 7.11 Å². The van der Waals surface area contributed by atoms with Gasteiger partial charge in [0.05, 0.1) is 13.2 Å². The van der Waals surface area contributed by atoms with Gasteiger partial charge >= 0.3 is 0 Å². The number of nitrogens with one attached hydrogen (secondary N) is 1. The average Bonchev–Trinajstić information content (AvgIpc) is 2.96. The van der Waals surface area contributed by atoms with E-state index < -0.39 is 0 Å². The number of hydrogen-bond donors (Lipinski definition) is 1. The van der Waals surface area contributed by atoms with Gasteiger partial charge in [-0.15, -0.1) is 0 Å². The van der Waals surface area contributed by atoms with Gasteiger partial charge in [-0.2, -0.15) is 0 Å². The van der Waals surface area contributed by atoms with Crippen molar-refractivity contribution in [2.75, 3.05) is 33.5 Å². The number of hydrogen-bond acceptors (Lipinski definition) is 4. The predicted octanol–water partition coefficient (Wildman–Crippen LogP) is 2.15. The summed E-state index contributed by atoms with van der Waals surface area (Å²) in [4.78, 5) is 0. The monoisotopic (exact) mass is 277 g/mol. The van der Waals surface area contributed by atoms with E-state index >= 15 is 0 Å². The fourth-order valence-corrected chi connectivity index (χ4v) is 3.06. The third-order valence-corrected chi connectivity index (χ3v) is 4.47. The number of benzene rings is 1. The second-order valence-electron chi connectivity index (χ2n) is 5.87. The van der Waals surface area contributed by atoms with Gasteiger partial charge in [0.1, 0.15) is 11.4 Å². The molecule has 3 rings (SSSR count). The Kier molecular flexibility index (Phi) is 3.96. The molecular weight excluding hydrogens is 254 g/mol. The van der Waals surface area contributed by atoms with Gasteiger partial charge in [-0.05, 0) is 6.07 Å². The summed E-state index contributed by atoms with van der Waals surface area (Å²) in [6.45, 7) is 5.25. The molecular formula is C16H23NO3. The topological polar surface area (TPSA) is 39.7 Å². The van der Waals surface area contributed by atoms with E-state index in [2.05, 4.69) is 24.4 Å². The number of methoxy groups -OCH3 is 1. The van der Waals surface area contributed by atoms with Crippen LogP contribution in [0.5, 0.6) is 5.75 Å². The second-order valence-corrected chi connectivity index (χ2v) is 5.87. The predicted molar refractivity (Wildman–Crippen MR) is 77.0 cm³/mol. The van der Waals surface area contributed by atoms with Gasteiger partial charge in [0.15, 0.2) is 0 Å². The largest absolute Gasteiger partial charge is 0.493 e. The van der Waals surface area contributed by atoms with Crippen LogP contribution >= 0.6 is 0 Å². The van der Waals surface area contributed by atoms with Gasteiger partial charge in [0.25, 0.3) is 0 Å². The van der Waals surface area contributed by atoms with Crippen molar-refractivity contribution in [2.24, 2.45) is 5.92 Å². The van der Waals surface area contributed by atoms with Crippen LogP contribution in [0.2, 0.25) is 0 Å². The molecule has 3 unspecified atom stereocenters. The third kappa shape index (κ3) is 2.55. The Balaban J connectivity index is 1.73. The standard InChI is InChI=1S/C16H23NO3/c1-12-9-20-14-6-4-3-5-13(14)15(12)17-10-16(18-2)7-8-19-11-16/h3-6,12,15,17H,7-11H2,1-2H3. The number of fused-ring (bicyclic) bond motifs is 1. The fourth-order valence-electron chi connectivity index (χ4n) is 3.06. The highest BCUT2D eigenvalue weighted by Gasteiger charge is 2.37. The minimum absolute atomic E-state index is 0.174. The van der Waals surface area contributed by atoms with Crippen molar-refractivity contribution in [1.29, 1.82) is 0 Å². The van der Waals surface area contributed by atoms with Crippen LogP contribution in [0.1, 0.15) is 24.9 Å². The smallest absolute Gasteiger partial charge is 0.124 e. The quantitative estimate of drug-likeness (QED) is 0.915. The summed E-state index contributed by atoms with van der Waals surface area (Å²) in [6, 6.07) is 8.59. The highest BCUT2D eigenvalue weighted by molar-refractivity contribution is 5.37. The Bertz CT molecular complexity index is 457. The Hall–Kier alpha value is -1.10. The van der Waals surface area contributed by atoms with Crippen LogP contribution in [0.25, 0.3) is 0 Å². The zero-order valence-electron chi connectivity index (χ0n) is 12.2. The molecule has 0 spiro atoms. The van der Waals surface area contributed by atoms with Gasteiger partial charge < -0.3 is 19.5 Å². The maximum Gasteiger partial charge on any atom is 0.124 e. The first kappa shape index (κ1) is 13.9. The fraction of sp³-hybridized carbons (Fsp3) is 0.625. The molecule has 0 saturated carbocycles. The Morgan fingerprint density at radius 1 is 1.40 bits per heavy atom. The van der Waals surface area contributed by atoms with E-state index in [9.17, 15) is 0 Å². The molecule has 110 valence electrons. The van der Waals surface area contributed by atoms with E-state index in [-0.39, 0.29) is 5.60 Å². The lowest BCUT2D eigenvalue weighted by atomic mass is 9.91. The molecule has 1 saturated heterocycles. The van der Waals surface area contributed by atoms with Gasteiger partial charge in [-0.1, -0.05) is 25.1 Å². The van der Waals surface area contributed by atoms with Gasteiger partial charge in [-0.25, -0.2) is 0 Å². The molecule has 2 heterocycles. The van der Waals surface area contributed by atoms with Crippen molar-refractivity contribution >= 4 is 0 Å². The first-order chi connectivity index (χ1) is 9.74. The lowest BCUT2D eigenvalue weighted by molar-refractivity contribution is -0.0197. The van der Waals surface area contributed by atoms with E-state index in [1.807, 2.05) is 12.1 Å². The molecule has 20 heavy (non-hydrogen) atoms. The van der Waals surface area contributed by atoms with Crippen LogP contribution < -0.4 is 10.1 Å². The summed E-state index contributed by atoms with van der Waals surface area (Å²) in [5.74, 6) is 1.44. The zero-order valence-corrected chi connectivity index (χ0v) is 12.2. The maximum atomic E-state index is 5.79. The van der Waals surface area contributed by atoms with Crippen molar-refractivity contribution in [3.05, 3.63) is 29.8 Å². The van der Waals surface area contributed by atoms with Crippen molar-refractivity contribution in [3.63, 3.8) is 0 Å². The summed E-state index contributed by atoms with van der Waals surface area (Å²) < 4.78 is 17.0. The zero-order chi connectivity index (χ0) is 14.0. The Labute approximate surface area is 120 Å². The lowest BCUT2D eigenvalue weighted by Crippen LogP contribution is -2.46. The van der Waals surface area contributed by atoms with Gasteiger partial charge in [0.2, 0.25) is 0 Å². The molecule has 3 atom stereocenters. The molecule has 0 amide bonds. The second kappa shape index (κ2) is 5.72. The van der Waals surface area contributed by atoms with Crippen molar-refractivity contribution in [2.45, 2.75) is 25.0 Å². The maximum absolute atomic E-state index is 5.79. The Morgan fingerprint density at radius 2 is 2.25 bits per heavy atom. The molecule has 1 fully saturated rings. The summed E-state index contributed by atoms with van der Waals surface area (Å²) in [5.41, 5.74) is 1.07. The molecule has 4 nitrogen and oxygen atoms in total. The van der Waals surface area contributed by atoms with Crippen LogP contribution in [-0.4, -0.2) is 39.1 Å². The van der Waals surface area contributed by atoms with Gasteiger partial charge in [0, 0.05) is 44.2 Å². The van der Waals surface area contributed by atoms with Crippen LogP contribution in [-0.2, 0) is 9.47 Å². The van der Waals surface area contributed by atoms with Crippen molar-refractivity contribution in [1.82, 2.24) is 5.32 Å². The van der Waals surface area contributed by atoms with Crippen LogP contribution in [0.3, 0.4) is 0 Å². The SMILES string of the molecule is COC1(CNC2c3ccccc3OCC2C)CCOC1. The molecule has 2 aliphatic rings. The first-order valence-electron chi connectivity index (χ1n) is 7.32. The van der Waals surface area contributed by atoms with Crippen molar-refractivity contribution in [3.8, 4) is 5.75 Å². The van der Waals surface area contributed by atoms with Crippen LogP contribution in [0, 0.1) is 5.92 Å². The van der Waals surface area contributed by atoms with Crippen LogP contribution in [0.4, 0.5) is 0 Å². The van der Waals surface area contributed by atoms with E-state index in [0.29, 0.717) is 18.6 Å². The number of para-hydroxylation sites is 1. The van der Waals surface area contributed by atoms with E-state index in [1.165, 1.54) is 5.56 Å². The molecule has 0 aromatic heterocycles. The van der Waals surface area contributed by atoms with E-state index in [4.69, 9.17) is 14.2 Å². The summed E-state index contributed by atoms with van der Waals surface area (Å²) in [6.07, 6.45) is 0.954. The molecule has 1 aromatic rings. The normalized spacial score (nSPS) is 32.7. The van der Waals surface area contributed by atoms with Gasteiger partial charge in [-0.3, -0.25) is 0 Å². The highest BCUT2D eigenvalue weighted by Crippen LogP contribution is 2.35. The summed E-state index contributed by atoms with van der Waals surface area (Å²) in [7, 11) is 1.78. The molecule has 0 aliphatic carbocycles. The summed E-state index contributed by atoms with van der Waals surface area (Å²) >= 11 is 0. The molecule has 0 bridgehead atoms. The minimum Gasteiger partial charge on any atom is -0.493 e. The average molecular weight is 277 g/mol. The van der Waals surface area contributed by atoms with Crippen molar-refractivity contribution < 1.29 is 14.2 Å². The molecule has 0 radical (unpaired) electrons. The molecule has 4 heteroatoms. The summed E-state index contributed by atoms with van der Waals surface area (Å²) in [5, 5.41) is 3.68. The lowest BCUT2D eigenvalue weighted by Gasteiger charge is -2.35. The third-order valence-electron chi connectivity index (χ3n) is 4.47. The molecule has 1 aromatic carbocycles.